The summed E-state index contributed by atoms with van der Waals surface area (Å²) in [5.74, 6) is 5.78. The zero-order chi connectivity index (χ0) is 21.2. The smallest absolute Gasteiger partial charge is 0.291 e. The normalized spacial score (nSPS) is 16.2. The zero-order valence-corrected chi connectivity index (χ0v) is 16.7. The van der Waals surface area contributed by atoms with Crippen molar-refractivity contribution in [3.05, 3.63) is 35.4 Å². The van der Waals surface area contributed by atoms with E-state index >= 15 is 0 Å². The van der Waals surface area contributed by atoms with E-state index in [0.717, 1.165) is 0 Å². The average Bonchev–Trinajstić information content (AvgIpc) is 3.13. The first-order valence-corrected chi connectivity index (χ1v) is 9.20. The number of rotatable bonds is 3. The third-order valence-electron chi connectivity index (χ3n) is 4.24. The molecule has 3 N–H and O–H groups in total. The lowest BCUT2D eigenvalue weighted by Crippen LogP contribution is -2.49. The van der Waals surface area contributed by atoms with Crippen molar-refractivity contribution in [1.29, 1.82) is 0 Å². The lowest BCUT2D eigenvalue weighted by molar-refractivity contribution is -0.120. The molecule has 9 nitrogen and oxygen atoms in total. The Morgan fingerprint density at radius 2 is 2.24 bits per heavy atom. The number of ether oxygens (including phenoxy) is 1. The summed E-state index contributed by atoms with van der Waals surface area (Å²) in [4.78, 5) is 30.7. The van der Waals surface area contributed by atoms with Crippen molar-refractivity contribution in [2.45, 2.75) is 38.8 Å². The molecule has 3 rings (SSSR count). The highest BCUT2D eigenvalue weighted by Crippen LogP contribution is 2.31. The first-order valence-electron chi connectivity index (χ1n) is 9.20. The predicted molar refractivity (Wildman–Crippen MR) is 106 cm³/mol. The van der Waals surface area contributed by atoms with Crippen LogP contribution in [0.5, 0.6) is 5.75 Å². The first kappa shape index (κ1) is 20.4. The summed E-state index contributed by atoms with van der Waals surface area (Å²) in [6.45, 7) is 5.04. The summed E-state index contributed by atoms with van der Waals surface area (Å²) in [6, 6.07) is 4.27. The van der Waals surface area contributed by atoms with Gasteiger partial charge < -0.3 is 20.1 Å². The summed E-state index contributed by atoms with van der Waals surface area (Å²) in [6.07, 6.45) is 0.614. The monoisotopic (exact) mass is 397 g/mol. The van der Waals surface area contributed by atoms with Crippen LogP contribution in [0.1, 0.15) is 42.8 Å². The van der Waals surface area contributed by atoms with E-state index in [1.165, 1.54) is 4.90 Å². The molecule has 9 heteroatoms. The highest BCUT2D eigenvalue weighted by molar-refractivity contribution is 6.02. The first-order chi connectivity index (χ1) is 13.7. The van der Waals surface area contributed by atoms with Gasteiger partial charge >= 0.3 is 0 Å². The molecule has 2 amide bonds. The van der Waals surface area contributed by atoms with Gasteiger partial charge in [0.25, 0.3) is 11.8 Å². The van der Waals surface area contributed by atoms with Crippen molar-refractivity contribution in [3.8, 4) is 17.6 Å². The molecular formula is C20H23N5O4. The number of amides is 2. The number of aromatic amines is 1. The maximum absolute atomic E-state index is 12.9. The van der Waals surface area contributed by atoms with Gasteiger partial charge in [-0.15, -0.1) is 5.10 Å². The van der Waals surface area contributed by atoms with Crippen molar-refractivity contribution in [2.75, 3.05) is 18.6 Å². The molecular weight excluding hydrogens is 374 g/mol. The molecule has 1 aromatic heterocycles. The number of hydrogen-bond donors (Lipinski definition) is 3. The number of aryl methyl sites for hydroxylation is 1. The number of carbonyl (C=O) groups is 2. The van der Waals surface area contributed by atoms with E-state index in [0.29, 0.717) is 29.2 Å². The van der Waals surface area contributed by atoms with Crippen molar-refractivity contribution in [2.24, 2.45) is 0 Å². The van der Waals surface area contributed by atoms with Crippen LogP contribution in [0.15, 0.2) is 18.2 Å². The van der Waals surface area contributed by atoms with Gasteiger partial charge in [0.1, 0.15) is 29.8 Å². The predicted octanol–water partition coefficient (Wildman–Crippen LogP) is 0.643. The van der Waals surface area contributed by atoms with Crippen molar-refractivity contribution >= 4 is 17.5 Å². The lowest BCUT2D eigenvalue weighted by Gasteiger charge is -2.20. The van der Waals surface area contributed by atoms with E-state index in [-0.39, 0.29) is 18.3 Å². The second kappa shape index (κ2) is 7.93. The van der Waals surface area contributed by atoms with E-state index in [2.05, 4.69) is 32.3 Å². The molecule has 0 radical (unpaired) electrons. The number of hydrogen-bond acceptors (Lipinski definition) is 6. The fraction of sp³-hybridized carbons (Fsp3) is 0.400. The standard InChI is InChI=1S/C20H23N5O4/c1-5-16-22-17(24-23-16)18(26)21-13-11-29-15-7-6-12(8-9-20(2,3)28)10-14(15)25(4)19(13)27/h6-7,10,13,28H,5,11H2,1-4H3,(H,21,26)(H,22,23,24)/t13-/m0/s1. The summed E-state index contributed by atoms with van der Waals surface area (Å²) in [5.41, 5.74) is 0.0306. The fourth-order valence-electron chi connectivity index (χ4n) is 2.68. The van der Waals surface area contributed by atoms with E-state index < -0.39 is 17.6 Å². The van der Waals surface area contributed by atoms with Gasteiger partial charge in [0.2, 0.25) is 5.82 Å². The van der Waals surface area contributed by atoms with Gasteiger partial charge in [0.15, 0.2) is 0 Å². The Morgan fingerprint density at radius 3 is 2.90 bits per heavy atom. The number of anilines is 1. The molecule has 152 valence electrons. The highest BCUT2D eigenvalue weighted by Gasteiger charge is 2.31. The number of aliphatic hydroxyl groups is 1. The van der Waals surface area contributed by atoms with Crippen LogP contribution in [0.2, 0.25) is 0 Å². The molecule has 29 heavy (non-hydrogen) atoms. The van der Waals surface area contributed by atoms with Crippen LogP contribution in [-0.2, 0) is 11.2 Å². The summed E-state index contributed by atoms with van der Waals surface area (Å²) < 4.78 is 5.74. The minimum absolute atomic E-state index is 0.0248. The molecule has 0 saturated carbocycles. The number of nitrogens with zero attached hydrogens (tertiary/aromatic N) is 3. The van der Waals surface area contributed by atoms with Gasteiger partial charge in [-0.3, -0.25) is 14.7 Å². The molecule has 1 aliphatic rings. The Bertz CT molecular complexity index is 996. The van der Waals surface area contributed by atoms with Crippen LogP contribution < -0.4 is 15.0 Å². The minimum Gasteiger partial charge on any atom is -0.489 e. The number of likely N-dealkylation sites (N-methyl/N-ethyl adjacent to an activating group) is 1. The van der Waals surface area contributed by atoms with Gasteiger partial charge in [0.05, 0.1) is 5.69 Å². The summed E-state index contributed by atoms with van der Waals surface area (Å²) >= 11 is 0. The van der Waals surface area contributed by atoms with E-state index in [4.69, 9.17) is 4.74 Å². The van der Waals surface area contributed by atoms with Crippen molar-refractivity contribution in [1.82, 2.24) is 20.5 Å². The molecule has 0 unspecified atom stereocenters. The summed E-state index contributed by atoms with van der Waals surface area (Å²) in [7, 11) is 1.60. The number of aromatic nitrogens is 3. The Morgan fingerprint density at radius 1 is 1.48 bits per heavy atom. The SMILES string of the molecule is CCc1nc(C(=O)N[C@H]2COc3ccc(C#CC(C)(C)O)cc3N(C)C2=O)n[nH]1. The van der Waals surface area contributed by atoms with Crippen molar-refractivity contribution in [3.63, 3.8) is 0 Å². The van der Waals surface area contributed by atoms with Gasteiger partial charge in [-0.2, -0.15) is 0 Å². The maximum atomic E-state index is 12.9. The van der Waals surface area contributed by atoms with Crippen LogP contribution in [0.4, 0.5) is 5.69 Å². The van der Waals surface area contributed by atoms with Gasteiger partial charge in [-0.25, -0.2) is 4.98 Å². The van der Waals surface area contributed by atoms with Crippen LogP contribution in [0.3, 0.4) is 0 Å². The van der Waals surface area contributed by atoms with E-state index in [9.17, 15) is 14.7 Å². The number of fused-ring (bicyclic) bond motifs is 1. The number of carbonyl (C=O) groups excluding carboxylic acids is 2. The Kier molecular flexibility index (Phi) is 5.57. The largest absolute Gasteiger partial charge is 0.489 e. The second-order valence-corrected chi connectivity index (χ2v) is 7.19. The minimum atomic E-state index is -1.13. The molecule has 2 aromatic rings. The Hall–Kier alpha value is -3.38. The average molecular weight is 397 g/mol. The molecule has 1 aromatic carbocycles. The number of benzene rings is 1. The molecule has 0 bridgehead atoms. The molecule has 1 aliphatic heterocycles. The third kappa shape index (κ3) is 4.73. The van der Waals surface area contributed by atoms with Gasteiger partial charge in [-0.1, -0.05) is 18.8 Å². The third-order valence-corrected chi connectivity index (χ3v) is 4.24. The van der Waals surface area contributed by atoms with E-state index in [1.807, 2.05) is 6.92 Å². The second-order valence-electron chi connectivity index (χ2n) is 7.19. The van der Waals surface area contributed by atoms with E-state index in [1.54, 1.807) is 39.1 Å². The van der Waals surface area contributed by atoms with Gasteiger partial charge in [0, 0.05) is 19.0 Å². The Labute approximate surface area is 168 Å². The van der Waals surface area contributed by atoms with Crippen LogP contribution in [-0.4, -0.2) is 57.4 Å². The molecule has 0 saturated heterocycles. The molecule has 0 fully saturated rings. The number of nitrogens with one attached hydrogen (secondary N) is 2. The van der Waals surface area contributed by atoms with Crippen molar-refractivity contribution < 1.29 is 19.4 Å². The quantitative estimate of drug-likeness (QED) is 0.654. The summed E-state index contributed by atoms with van der Waals surface area (Å²) in [5, 5.41) is 18.9. The fourth-order valence-corrected chi connectivity index (χ4v) is 2.68. The topological polar surface area (TPSA) is 120 Å². The molecule has 0 aliphatic carbocycles. The molecule has 0 spiro atoms. The number of H-pyrrole nitrogens is 1. The Balaban J connectivity index is 1.79. The molecule has 1 atom stereocenters. The highest BCUT2D eigenvalue weighted by atomic mass is 16.5. The van der Waals surface area contributed by atoms with Crippen LogP contribution in [0.25, 0.3) is 0 Å². The molecule has 2 heterocycles. The van der Waals surface area contributed by atoms with Crippen LogP contribution in [0, 0.1) is 11.8 Å². The zero-order valence-electron chi connectivity index (χ0n) is 16.7. The van der Waals surface area contributed by atoms with Gasteiger partial charge in [-0.05, 0) is 32.0 Å². The maximum Gasteiger partial charge on any atom is 0.291 e. The van der Waals surface area contributed by atoms with Crippen LogP contribution >= 0.6 is 0 Å². The lowest BCUT2D eigenvalue weighted by atomic mass is 10.1.